The molecule has 0 aromatic heterocycles. The van der Waals surface area contributed by atoms with Crippen molar-refractivity contribution in [2.24, 2.45) is 0 Å². The third-order valence-electron chi connectivity index (χ3n) is 1.89. The summed E-state index contributed by atoms with van der Waals surface area (Å²) in [6.45, 7) is 0.454. The van der Waals surface area contributed by atoms with E-state index in [1.165, 1.54) is 0 Å². The molecule has 1 amide bonds. The number of carbonyl (C=O) groups excluding carboxylic acids is 2. The van der Waals surface area contributed by atoms with Crippen LogP contribution in [-0.2, 0) is 16.1 Å². The maximum absolute atomic E-state index is 11.2. The predicted molar refractivity (Wildman–Crippen MR) is 57.2 cm³/mol. The number of benzene rings is 1. The summed E-state index contributed by atoms with van der Waals surface area (Å²) in [7, 11) is 1.63. The second-order valence-corrected chi connectivity index (χ2v) is 3.12. The van der Waals surface area contributed by atoms with E-state index >= 15 is 0 Å². The normalized spacial score (nSPS) is 9.67. The molecule has 0 heterocycles. The summed E-state index contributed by atoms with van der Waals surface area (Å²) in [6.07, 6.45) is 0. The third-order valence-corrected chi connectivity index (χ3v) is 1.89. The van der Waals surface area contributed by atoms with Crippen LogP contribution < -0.4 is 10.6 Å². The quantitative estimate of drug-likeness (QED) is 0.671. The minimum atomic E-state index is -0.548. The van der Waals surface area contributed by atoms with Crippen LogP contribution in [0.1, 0.15) is 5.56 Å². The van der Waals surface area contributed by atoms with Crippen LogP contribution in [0.5, 0.6) is 0 Å². The number of amides is 1. The molecular formula is C11H14N2O2. The van der Waals surface area contributed by atoms with Crippen molar-refractivity contribution in [2.45, 2.75) is 6.54 Å². The van der Waals surface area contributed by atoms with Gasteiger partial charge in [0.05, 0.1) is 6.54 Å². The van der Waals surface area contributed by atoms with Crippen molar-refractivity contribution in [1.29, 1.82) is 0 Å². The maximum Gasteiger partial charge on any atom is 0.289 e. The molecule has 0 saturated carbocycles. The van der Waals surface area contributed by atoms with E-state index in [1.54, 1.807) is 7.05 Å². The van der Waals surface area contributed by atoms with Gasteiger partial charge in [-0.05, 0) is 12.6 Å². The van der Waals surface area contributed by atoms with E-state index < -0.39 is 11.7 Å². The number of carbonyl (C=O) groups is 2. The molecule has 0 aliphatic rings. The molecule has 0 unspecified atom stereocenters. The minimum Gasteiger partial charge on any atom is -0.345 e. The zero-order valence-corrected chi connectivity index (χ0v) is 8.62. The molecular weight excluding hydrogens is 192 g/mol. The minimum absolute atomic E-state index is 0.0701. The van der Waals surface area contributed by atoms with Crippen molar-refractivity contribution in [3.63, 3.8) is 0 Å². The van der Waals surface area contributed by atoms with Crippen LogP contribution in [0.3, 0.4) is 0 Å². The number of nitrogens with one attached hydrogen (secondary N) is 2. The number of likely N-dealkylation sites (N-methyl/N-ethyl adjacent to an activating group) is 1. The lowest BCUT2D eigenvalue weighted by Crippen LogP contribution is -2.35. The Kier molecular flexibility index (Phi) is 4.50. The molecule has 1 aromatic carbocycles. The Morgan fingerprint density at radius 2 is 1.87 bits per heavy atom. The largest absolute Gasteiger partial charge is 0.345 e. The van der Waals surface area contributed by atoms with Gasteiger partial charge in [-0.2, -0.15) is 0 Å². The number of hydrogen-bond donors (Lipinski definition) is 2. The Bertz CT molecular complexity index is 336. The molecule has 0 atom stereocenters. The molecule has 80 valence electrons. The molecule has 15 heavy (non-hydrogen) atoms. The van der Waals surface area contributed by atoms with Crippen LogP contribution in [-0.4, -0.2) is 25.3 Å². The molecule has 2 N–H and O–H groups in total. The van der Waals surface area contributed by atoms with Crippen LogP contribution in [0.25, 0.3) is 0 Å². The Balaban J connectivity index is 2.38. The van der Waals surface area contributed by atoms with Gasteiger partial charge < -0.3 is 10.6 Å². The highest BCUT2D eigenvalue weighted by molar-refractivity contribution is 6.36. The lowest BCUT2D eigenvalue weighted by Gasteiger charge is -2.03. The molecule has 0 spiro atoms. The molecule has 0 radical (unpaired) electrons. The standard InChI is InChI=1S/C11H14N2O2/c1-12-8-10(14)11(15)13-7-9-5-3-2-4-6-9/h2-6,12H,7-8H2,1H3,(H,13,15). The fraction of sp³-hybridized carbons (Fsp3) is 0.273. The van der Waals surface area contributed by atoms with E-state index in [0.29, 0.717) is 6.54 Å². The highest BCUT2D eigenvalue weighted by Crippen LogP contribution is 1.96. The molecule has 1 aromatic rings. The van der Waals surface area contributed by atoms with Gasteiger partial charge in [0.15, 0.2) is 0 Å². The monoisotopic (exact) mass is 206 g/mol. The average molecular weight is 206 g/mol. The lowest BCUT2D eigenvalue weighted by molar-refractivity contribution is -0.137. The topological polar surface area (TPSA) is 58.2 Å². The Labute approximate surface area is 88.7 Å². The van der Waals surface area contributed by atoms with E-state index in [2.05, 4.69) is 10.6 Å². The number of hydrogen-bond acceptors (Lipinski definition) is 3. The molecule has 0 fully saturated rings. The van der Waals surface area contributed by atoms with Crippen molar-refractivity contribution in [2.75, 3.05) is 13.6 Å². The van der Waals surface area contributed by atoms with E-state index in [4.69, 9.17) is 0 Å². The highest BCUT2D eigenvalue weighted by Gasteiger charge is 2.10. The van der Waals surface area contributed by atoms with Crippen LogP contribution >= 0.6 is 0 Å². The third kappa shape index (κ3) is 3.91. The second kappa shape index (κ2) is 5.93. The van der Waals surface area contributed by atoms with Crippen LogP contribution in [0.2, 0.25) is 0 Å². The fourth-order valence-electron chi connectivity index (χ4n) is 1.12. The zero-order chi connectivity index (χ0) is 11.1. The van der Waals surface area contributed by atoms with Crippen molar-refractivity contribution in [1.82, 2.24) is 10.6 Å². The molecule has 4 nitrogen and oxygen atoms in total. The average Bonchev–Trinajstić information content (AvgIpc) is 2.27. The van der Waals surface area contributed by atoms with Gasteiger partial charge in [-0.3, -0.25) is 9.59 Å². The van der Waals surface area contributed by atoms with Crippen molar-refractivity contribution in [3.8, 4) is 0 Å². The zero-order valence-electron chi connectivity index (χ0n) is 8.62. The van der Waals surface area contributed by atoms with Gasteiger partial charge in [-0.15, -0.1) is 0 Å². The number of rotatable bonds is 5. The van der Waals surface area contributed by atoms with Gasteiger partial charge in [0.25, 0.3) is 5.91 Å². The summed E-state index contributed by atoms with van der Waals surface area (Å²) in [5.74, 6) is -0.998. The van der Waals surface area contributed by atoms with Crippen molar-refractivity contribution in [3.05, 3.63) is 35.9 Å². The summed E-state index contributed by atoms with van der Waals surface area (Å²) in [6, 6.07) is 9.46. The lowest BCUT2D eigenvalue weighted by atomic mass is 10.2. The smallest absolute Gasteiger partial charge is 0.289 e. The summed E-state index contributed by atoms with van der Waals surface area (Å²) in [5, 5.41) is 5.19. The van der Waals surface area contributed by atoms with Crippen LogP contribution in [0.15, 0.2) is 30.3 Å². The maximum atomic E-state index is 11.2. The van der Waals surface area contributed by atoms with Crippen LogP contribution in [0.4, 0.5) is 0 Å². The molecule has 0 saturated heterocycles. The summed E-state index contributed by atoms with van der Waals surface area (Å²) in [4.78, 5) is 22.3. The predicted octanol–water partition coefficient (Wildman–Crippen LogP) is 0.0913. The highest BCUT2D eigenvalue weighted by atomic mass is 16.2. The molecule has 0 bridgehead atoms. The Morgan fingerprint density at radius 3 is 2.47 bits per heavy atom. The Hall–Kier alpha value is -1.68. The first-order valence-electron chi connectivity index (χ1n) is 4.73. The Morgan fingerprint density at radius 1 is 1.20 bits per heavy atom. The van der Waals surface area contributed by atoms with Gasteiger partial charge in [-0.25, -0.2) is 0 Å². The number of Topliss-reactive ketones (excluding diaryl/α,β-unsaturated/α-hetero) is 1. The van der Waals surface area contributed by atoms with Crippen molar-refractivity contribution < 1.29 is 9.59 Å². The molecule has 1 rings (SSSR count). The SMILES string of the molecule is CNCC(=O)C(=O)NCc1ccccc1. The number of ketones is 1. The van der Waals surface area contributed by atoms with E-state index in [1.807, 2.05) is 30.3 Å². The summed E-state index contributed by atoms with van der Waals surface area (Å²) < 4.78 is 0. The molecule has 4 heteroatoms. The molecule has 0 aliphatic carbocycles. The summed E-state index contributed by atoms with van der Waals surface area (Å²) >= 11 is 0. The van der Waals surface area contributed by atoms with E-state index in [9.17, 15) is 9.59 Å². The van der Waals surface area contributed by atoms with Gasteiger partial charge >= 0.3 is 0 Å². The van der Waals surface area contributed by atoms with Crippen LogP contribution in [0, 0.1) is 0 Å². The first kappa shape index (κ1) is 11.4. The van der Waals surface area contributed by atoms with Gasteiger partial charge in [0.1, 0.15) is 0 Å². The van der Waals surface area contributed by atoms with E-state index in [-0.39, 0.29) is 6.54 Å². The summed E-state index contributed by atoms with van der Waals surface area (Å²) in [5.41, 5.74) is 0.975. The second-order valence-electron chi connectivity index (χ2n) is 3.12. The van der Waals surface area contributed by atoms with Gasteiger partial charge in [0, 0.05) is 6.54 Å². The fourth-order valence-corrected chi connectivity index (χ4v) is 1.12. The first-order chi connectivity index (χ1) is 7.24. The van der Waals surface area contributed by atoms with Crippen molar-refractivity contribution >= 4 is 11.7 Å². The molecule has 0 aliphatic heterocycles. The van der Waals surface area contributed by atoms with Gasteiger partial charge in [-0.1, -0.05) is 30.3 Å². The first-order valence-corrected chi connectivity index (χ1v) is 4.73. The van der Waals surface area contributed by atoms with E-state index in [0.717, 1.165) is 5.56 Å². The van der Waals surface area contributed by atoms with Gasteiger partial charge in [0.2, 0.25) is 5.78 Å².